The summed E-state index contributed by atoms with van der Waals surface area (Å²) in [7, 11) is 1.88. The molecule has 1 aliphatic carbocycles. The zero-order chi connectivity index (χ0) is 13.2. The number of carbonyl (C=O) groups is 1. The summed E-state index contributed by atoms with van der Waals surface area (Å²) < 4.78 is 0. The summed E-state index contributed by atoms with van der Waals surface area (Å²) >= 11 is 0. The number of likely N-dealkylation sites (N-methyl/N-ethyl adjacent to an activating group) is 1. The van der Waals surface area contributed by atoms with E-state index in [0.29, 0.717) is 12.6 Å². The highest BCUT2D eigenvalue weighted by Crippen LogP contribution is 2.24. The van der Waals surface area contributed by atoms with Crippen molar-refractivity contribution in [3.63, 3.8) is 0 Å². The molecule has 1 amide bonds. The van der Waals surface area contributed by atoms with Crippen LogP contribution in [0.2, 0.25) is 0 Å². The maximum absolute atomic E-state index is 11.8. The van der Waals surface area contributed by atoms with Gasteiger partial charge in [-0.15, -0.1) is 0 Å². The Balaban J connectivity index is 1.73. The largest absolute Gasteiger partial charge is 0.360 e. The van der Waals surface area contributed by atoms with Crippen molar-refractivity contribution in [1.29, 1.82) is 0 Å². The van der Waals surface area contributed by atoms with Crippen molar-refractivity contribution < 1.29 is 4.79 Å². The molecule has 4 nitrogen and oxygen atoms in total. The van der Waals surface area contributed by atoms with Gasteiger partial charge in [0.2, 0.25) is 5.91 Å². The number of anilines is 1. The van der Waals surface area contributed by atoms with Gasteiger partial charge in [0.25, 0.3) is 0 Å². The molecule has 1 N–H and O–H groups in total. The van der Waals surface area contributed by atoms with Gasteiger partial charge in [-0.25, -0.2) is 0 Å². The van der Waals surface area contributed by atoms with E-state index in [2.05, 4.69) is 34.5 Å². The van der Waals surface area contributed by atoms with E-state index in [-0.39, 0.29) is 5.91 Å². The fourth-order valence-electron chi connectivity index (χ4n) is 2.47. The summed E-state index contributed by atoms with van der Waals surface area (Å²) in [6.45, 7) is 3.13. The summed E-state index contributed by atoms with van der Waals surface area (Å²) in [5, 5.41) is 3.55. The Morgan fingerprint density at radius 2 is 2.05 bits per heavy atom. The van der Waals surface area contributed by atoms with Gasteiger partial charge in [-0.3, -0.25) is 4.79 Å². The third-order valence-electron chi connectivity index (χ3n) is 3.95. The molecule has 0 aromatic heterocycles. The summed E-state index contributed by atoms with van der Waals surface area (Å²) in [6.07, 6.45) is 2.60. The molecule has 0 spiro atoms. The third-order valence-corrected chi connectivity index (χ3v) is 3.95. The van der Waals surface area contributed by atoms with Gasteiger partial charge in [0, 0.05) is 38.4 Å². The second kappa shape index (κ2) is 5.21. The summed E-state index contributed by atoms with van der Waals surface area (Å²) in [5.74, 6) is 0.205. The van der Waals surface area contributed by atoms with Crippen LogP contribution in [0.1, 0.15) is 18.4 Å². The van der Waals surface area contributed by atoms with Gasteiger partial charge in [0.1, 0.15) is 0 Å². The average molecular weight is 259 g/mol. The predicted molar refractivity (Wildman–Crippen MR) is 76.2 cm³/mol. The Bertz CT molecular complexity index is 470. The molecule has 1 heterocycles. The number of carbonyl (C=O) groups excluding carboxylic acids is 1. The Morgan fingerprint density at radius 3 is 2.79 bits per heavy atom. The summed E-state index contributed by atoms with van der Waals surface area (Å²) in [4.78, 5) is 15.8. The number of rotatable bonds is 4. The van der Waals surface area contributed by atoms with Gasteiger partial charge in [-0.05, 0) is 24.5 Å². The van der Waals surface area contributed by atoms with Crippen molar-refractivity contribution in [3.05, 3.63) is 29.8 Å². The van der Waals surface area contributed by atoms with Crippen LogP contribution in [0.3, 0.4) is 0 Å². The van der Waals surface area contributed by atoms with Crippen LogP contribution in [-0.2, 0) is 11.3 Å². The molecule has 1 aromatic carbocycles. The van der Waals surface area contributed by atoms with Crippen LogP contribution in [0, 0.1) is 0 Å². The first kappa shape index (κ1) is 12.5. The van der Waals surface area contributed by atoms with E-state index < -0.39 is 0 Å². The van der Waals surface area contributed by atoms with E-state index in [1.807, 2.05) is 11.9 Å². The smallest absolute Gasteiger partial charge is 0.241 e. The van der Waals surface area contributed by atoms with Gasteiger partial charge in [0.05, 0.1) is 6.54 Å². The van der Waals surface area contributed by atoms with Crippen LogP contribution in [-0.4, -0.2) is 43.5 Å². The van der Waals surface area contributed by atoms with Crippen LogP contribution >= 0.6 is 0 Å². The molecule has 0 bridgehead atoms. The maximum atomic E-state index is 11.8. The molecule has 0 atom stereocenters. The lowest BCUT2D eigenvalue weighted by atomic mass is 10.1. The molecule has 0 unspecified atom stereocenters. The number of hydrogen-bond donors (Lipinski definition) is 1. The van der Waals surface area contributed by atoms with Crippen molar-refractivity contribution in [1.82, 2.24) is 10.2 Å². The van der Waals surface area contributed by atoms with E-state index in [1.54, 1.807) is 0 Å². The minimum Gasteiger partial charge on any atom is -0.360 e. The summed E-state index contributed by atoms with van der Waals surface area (Å²) in [5.41, 5.74) is 2.50. The lowest BCUT2D eigenvalue weighted by Crippen LogP contribution is -2.48. The number of hydrogen-bond acceptors (Lipinski definition) is 3. The van der Waals surface area contributed by atoms with E-state index in [9.17, 15) is 4.79 Å². The van der Waals surface area contributed by atoms with E-state index >= 15 is 0 Å². The SMILES string of the molecule is CN1CCN(c2ccccc2CNC2CC2)CC1=O. The average Bonchev–Trinajstić information content (AvgIpc) is 3.24. The molecular formula is C15H21N3O. The Kier molecular flexibility index (Phi) is 3.42. The fraction of sp³-hybridized carbons (Fsp3) is 0.533. The van der Waals surface area contributed by atoms with Crippen molar-refractivity contribution >= 4 is 11.6 Å². The minimum absolute atomic E-state index is 0.205. The zero-order valence-electron chi connectivity index (χ0n) is 11.4. The van der Waals surface area contributed by atoms with Gasteiger partial charge >= 0.3 is 0 Å². The summed E-state index contributed by atoms with van der Waals surface area (Å²) in [6, 6.07) is 9.13. The van der Waals surface area contributed by atoms with Crippen LogP contribution in [0.5, 0.6) is 0 Å². The quantitative estimate of drug-likeness (QED) is 0.883. The Morgan fingerprint density at radius 1 is 1.26 bits per heavy atom. The van der Waals surface area contributed by atoms with Crippen molar-refractivity contribution in [2.75, 3.05) is 31.6 Å². The Labute approximate surface area is 114 Å². The molecule has 1 aromatic rings. The molecule has 2 aliphatic rings. The monoisotopic (exact) mass is 259 g/mol. The number of para-hydroxylation sites is 1. The lowest BCUT2D eigenvalue weighted by molar-refractivity contribution is -0.129. The minimum atomic E-state index is 0.205. The molecule has 102 valence electrons. The highest BCUT2D eigenvalue weighted by atomic mass is 16.2. The normalized spacial score (nSPS) is 19.9. The number of amides is 1. The topological polar surface area (TPSA) is 35.6 Å². The van der Waals surface area contributed by atoms with Crippen molar-refractivity contribution in [2.45, 2.75) is 25.4 Å². The number of piperazine rings is 1. The van der Waals surface area contributed by atoms with Crippen molar-refractivity contribution in [3.8, 4) is 0 Å². The maximum Gasteiger partial charge on any atom is 0.241 e. The standard InChI is InChI=1S/C15H21N3O/c1-17-8-9-18(11-15(17)19)14-5-3-2-4-12(14)10-16-13-6-7-13/h2-5,13,16H,6-11H2,1H3. The van der Waals surface area contributed by atoms with Crippen LogP contribution in [0.25, 0.3) is 0 Å². The first-order valence-electron chi connectivity index (χ1n) is 7.04. The second-order valence-electron chi connectivity index (χ2n) is 5.52. The third kappa shape index (κ3) is 2.89. The van der Waals surface area contributed by atoms with Gasteiger partial charge in [-0.2, -0.15) is 0 Å². The molecule has 3 rings (SSSR count). The molecule has 19 heavy (non-hydrogen) atoms. The van der Waals surface area contributed by atoms with Crippen molar-refractivity contribution in [2.24, 2.45) is 0 Å². The first-order chi connectivity index (χ1) is 9.24. The van der Waals surface area contributed by atoms with E-state index in [4.69, 9.17) is 0 Å². The number of nitrogens with one attached hydrogen (secondary N) is 1. The number of nitrogens with zero attached hydrogens (tertiary/aromatic N) is 2. The van der Waals surface area contributed by atoms with Crippen LogP contribution in [0.4, 0.5) is 5.69 Å². The highest BCUT2D eigenvalue weighted by Gasteiger charge is 2.24. The molecule has 0 radical (unpaired) electrons. The van der Waals surface area contributed by atoms with Gasteiger partial charge < -0.3 is 15.1 Å². The molecule has 4 heteroatoms. The molecule has 1 saturated heterocycles. The predicted octanol–water partition coefficient (Wildman–Crippen LogP) is 1.22. The number of benzene rings is 1. The van der Waals surface area contributed by atoms with Gasteiger partial charge in [-0.1, -0.05) is 18.2 Å². The fourth-order valence-corrected chi connectivity index (χ4v) is 2.47. The molecule has 1 aliphatic heterocycles. The van der Waals surface area contributed by atoms with Gasteiger partial charge in [0.15, 0.2) is 0 Å². The first-order valence-corrected chi connectivity index (χ1v) is 7.04. The van der Waals surface area contributed by atoms with E-state index in [1.165, 1.54) is 24.1 Å². The van der Waals surface area contributed by atoms with Crippen LogP contribution in [0.15, 0.2) is 24.3 Å². The second-order valence-corrected chi connectivity index (χ2v) is 5.52. The van der Waals surface area contributed by atoms with Crippen LogP contribution < -0.4 is 10.2 Å². The Hall–Kier alpha value is -1.55. The highest BCUT2D eigenvalue weighted by molar-refractivity contribution is 5.82. The molecule has 1 saturated carbocycles. The lowest BCUT2D eigenvalue weighted by Gasteiger charge is -2.34. The zero-order valence-corrected chi connectivity index (χ0v) is 11.4. The molecule has 2 fully saturated rings. The van der Waals surface area contributed by atoms with E-state index in [0.717, 1.165) is 19.6 Å². The molecular weight excluding hydrogens is 238 g/mol.